The number of carbonyl (C=O) groups is 2. The molecule has 0 radical (unpaired) electrons. The molecule has 2 N–H and O–H groups in total. The van der Waals surface area contributed by atoms with E-state index in [2.05, 4.69) is 17.4 Å². The van der Waals surface area contributed by atoms with Gasteiger partial charge in [0.15, 0.2) is 6.10 Å². The number of rotatable bonds is 5. The second-order valence-electron chi connectivity index (χ2n) is 5.76. The molecule has 1 amide bonds. The molecule has 1 aromatic carbocycles. The lowest BCUT2D eigenvalue weighted by Crippen LogP contribution is -2.38. The van der Waals surface area contributed by atoms with Crippen molar-refractivity contribution in [3.63, 3.8) is 0 Å². The van der Waals surface area contributed by atoms with Crippen LogP contribution in [0.4, 0.5) is 0 Å². The first-order valence-electron chi connectivity index (χ1n) is 7.24. The molecule has 1 aromatic rings. The number of carboxylic acid groups (broad SMARTS) is 1. The van der Waals surface area contributed by atoms with Gasteiger partial charge in [0.25, 0.3) is 0 Å². The maximum Gasteiger partial charge on any atom is 0.334 e. The Labute approximate surface area is 123 Å². The summed E-state index contributed by atoms with van der Waals surface area (Å²) in [7, 11) is 1.33. The first-order chi connectivity index (χ1) is 10.1. The average Bonchev–Trinajstić information content (AvgIpc) is 3.22. The number of nitrogens with one attached hydrogen (secondary N) is 1. The standard InChI is InChI=1S/C16H19NO4/c1-21-12(16(19)20)8-17-15(18)14-11-7-6-9-4-2-3-5-10(9)13(11)14/h2-5,11-14H,6-8H2,1H3,(H,17,18)(H,19,20). The number of aryl methyl sites for hydroxylation is 1. The van der Waals surface area contributed by atoms with Gasteiger partial charge < -0.3 is 15.2 Å². The van der Waals surface area contributed by atoms with Gasteiger partial charge in [0.1, 0.15) is 0 Å². The lowest BCUT2D eigenvalue weighted by Gasteiger charge is -2.13. The monoisotopic (exact) mass is 289 g/mol. The molecule has 112 valence electrons. The van der Waals surface area contributed by atoms with Crippen molar-refractivity contribution in [3.05, 3.63) is 35.4 Å². The Hall–Kier alpha value is -1.88. The second-order valence-corrected chi connectivity index (χ2v) is 5.76. The molecule has 1 saturated carbocycles. The number of methoxy groups -OCH3 is 1. The highest BCUT2D eigenvalue weighted by atomic mass is 16.5. The SMILES string of the molecule is COC(CNC(=O)C1C2CCc3ccccc3C21)C(=O)O. The van der Waals surface area contributed by atoms with Gasteiger partial charge in [-0.1, -0.05) is 24.3 Å². The zero-order valence-corrected chi connectivity index (χ0v) is 11.9. The summed E-state index contributed by atoms with van der Waals surface area (Å²) in [5, 5.41) is 11.6. The molecule has 0 aromatic heterocycles. The summed E-state index contributed by atoms with van der Waals surface area (Å²) < 4.78 is 4.82. The van der Waals surface area contributed by atoms with Gasteiger partial charge in [-0.05, 0) is 35.8 Å². The van der Waals surface area contributed by atoms with E-state index in [1.165, 1.54) is 18.2 Å². The Bertz CT molecular complexity index is 571. The molecule has 0 saturated heterocycles. The normalized spacial score (nSPS) is 27.2. The molecule has 5 nitrogen and oxygen atoms in total. The predicted octanol–water partition coefficient (Wildman–Crippen LogP) is 1.18. The second kappa shape index (κ2) is 5.48. The van der Waals surface area contributed by atoms with E-state index in [0.717, 1.165) is 12.8 Å². The highest BCUT2D eigenvalue weighted by Gasteiger charge is 2.56. The lowest BCUT2D eigenvalue weighted by atomic mass is 9.92. The first kappa shape index (κ1) is 14.1. The van der Waals surface area contributed by atoms with Crippen LogP contribution in [0.25, 0.3) is 0 Å². The molecule has 3 rings (SSSR count). The molecule has 2 aliphatic carbocycles. The van der Waals surface area contributed by atoms with Crippen LogP contribution in [0.5, 0.6) is 0 Å². The number of aliphatic carboxylic acids is 1. The van der Waals surface area contributed by atoms with Crippen LogP contribution in [0.15, 0.2) is 24.3 Å². The molecule has 5 heteroatoms. The zero-order valence-electron chi connectivity index (χ0n) is 11.9. The van der Waals surface area contributed by atoms with Crippen LogP contribution >= 0.6 is 0 Å². The maximum atomic E-state index is 12.3. The fraction of sp³-hybridized carbons (Fsp3) is 0.500. The largest absolute Gasteiger partial charge is 0.479 e. The average molecular weight is 289 g/mol. The summed E-state index contributed by atoms with van der Waals surface area (Å²) >= 11 is 0. The predicted molar refractivity (Wildman–Crippen MR) is 75.9 cm³/mol. The molecule has 0 spiro atoms. The molecular formula is C16H19NO4. The number of benzene rings is 1. The Morgan fingerprint density at radius 2 is 2.19 bits per heavy atom. The van der Waals surface area contributed by atoms with Crippen LogP contribution in [0, 0.1) is 11.8 Å². The van der Waals surface area contributed by atoms with Crippen molar-refractivity contribution in [2.45, 2.75) is 24.9 Å². The van der Waals surface area contributed by atoms with Crippen molar-refractivity contribution in [2.24, 2.45) is 11.8 Å². The quantitative estimate of drug-likeness (QED) is 0.853. The van der Waals surface area contributed by atoms with E-state index in [1.54, 1.807) is 0 Å². The van der Waals surface area contributed by atoms with E-state index in [-0.39, 0.29) is 18.4 Å². The van der Waals surface area contributed by atoms with Gasteiger partial charge >= 0.3 is 5.97 Å². The molecule has 0 aliphatic heterocycles. The summed E-state index contributed by atoms with van der Waals surface area (Å²) in [6.45, 7) is 0.0161. The minimum atomic E-state index is -1.06. The van der Waals surface area contributed by atoms with Crippen LogP contribution in [0.3, 0.4) is 0 Å². The third-order valence-electron chi connectivity index (χ3n) is 4.65. The molecular weight excluding hydrogens is 270 g/mol. The summed E-state index contributed by atoms with van der Waals surface area (Å²) in [5.41, 5.74) is 2.63. The Balaban J connectivity index is 1.63. The Morgan fingerprint density at radius 1 is 1.43 bits per heavy atom. The number of hydrogen-bond donors (Lipinski definition) is 2. The van der Waals surface area contributed by atoms with E-state index in [4.69, 9.17) is 9.84 Å². The molecule has 21 heavy (non-hydrogen) atoms. The summed E-state index contributed by atoms with van der Waals surface area (Å²) in [6, 6.07) is 8.28. The fourth-order valence-electron chi connectivity index (χ4n) is 3.51. The fourth-order valence-corrected chi connectivity index (χ4v) is 3.51. The van der Waals surface area contributed by atoms with E-state index >= 15 is 0 Å². The minimum absolute atomic E-state index is 0.0139. The van der Waals surface area contributed by atoms with Gasteiger partial charge in [-0.15, -0.1) is 0 Å². The number of carbonyl (C=O) groups excluding carboxylic acids is 1. The van der Waals surface area contributed by atoms with Crippen molar-refractivity contribution >= 4 is 11.9 Å². The van der Waals surface area contributed by atoms with Crippen molar-refractivity contribution in [1.82, 2.24) is 5.32 Å². The number of fused-ring (bicyclic) bond motifs is 3. The smallest absolute Gasteiger partial charge is 0.334 e. The van der Waals surface area contributed by atoms with E-state index < -0.39 is 12.1 Å². The molecule has 4 atom stereocenters. The number of amides is 1. The third-order valence-corrected chi connectivity index (χ3v) is 4.65. The van der Waals surface area contributed by atoms with Crippen molar-refractivity contribution in [1.29, 1.82) is 0 Å². The van der Waals surface area contributed by atoms with E-state index in [0.29, 0.717) is 11.8 Å². The highest BCUT2D eigenvalue weighted by Crippen LogP contribution is 2.59. The summed E-state index contributed by atoms with van der Waals surface area (Å²) in [6.07, 6.45) is 1.07. The number of ether oxygens (including phenoxy) is 1. The maximum absolute atomic E-state index is 12.3. The molecule has 2 aliphatic rings. The highest BCUT2D eigenvalue weighted by molar-refractivity contribution is 5.84. The van der Waals surface area contributed by atoms with Crippen LogP contribution < -0.4 is 5.32 Å². The molecule has 0 heterocycles. The summed E-state index contributed by atoms with van der Waals surface area (Å²) in [4.78, 5) is 23.1. The first-order valence-corrected chi connectivity index (χ1v) is 7.24. The Kier molecular flexibility index (Phi) is 3.68. The van der Waals surface area contributed by atoms with Crippen LogP contribution in [-0.2, 0) is 20.7 Å². The number of hydrogen-bond acceptors (Lipinski definition) is 3. The van der Waals surface area contributed by atoms with Gasteiger partial charge in [-0.3, -0.25) is 4.79 Å². The van der Waals surface area contributed by atoms with Crippen molar-refractivity contribution in [3.8, 4) is 0 Å². The summed E-state index contributed by atoms with van der Waals surface area (Å²) in [5.74, 6) is -0.409. The van der Waals surface area contributed by atoms with Gasteiger partial charge in [0.2, 0.25) is 5.91 Å². The minimum Gasteiger partial charge on any atom is -0.479 e. The van der Waals surface area contributed by atoms with Gasteiger partial charge in [0.05, 0.1) is 6.54 Å². The Morgan fingerprint density at radius 3 is 2.90 bits per heavy atom. The topological polar surface area (TPSA) is 75.6 Å². The van der Waals surface area contributed by atoms with E-state index in [9.17, 15) is 9.59 Å². The third kappa shape index (κ3) is 2.53. The van der Waals surface area contributed by atoms with Gasteiger partial charge in [-0.2, -0.15) is 0 Å². The lowest BCUT2D eigenvalue weighted by molar-refractivity contribution is -0.148. The van der Waals surface area contributed by atoms with Crippen LogP contribution in [0.1, 0.15) is 23.5 Å². The van der Waals surface area contributed by atoms with Crippen LogP contribution in [-0.4, -0.2) is 36.7 Å². The molecule has 1 fully saturated rings. The number of carboxylic acids is 1. The van der Waals surface area contributed by atoms with Gasteiger partial charge in [0, 0.05) is 13.0 Å². The van der Waals surface area contributed by atoms with E-state index in [1.807, 2.05) is 12.1 Å². The van der Waals surface area contributed by atoms with Crippen LogP contribution in [0.2, 0.25) is 0 Å². The molecule has 0 bridgehead atoms. The van der Waals surface area contributed by atoms with Gasteiger partial charge in [-0.25, -0.2) is 4.79 Å². The van der Waals surface area contributed by atoms with Crippen molar-refractivity contribution < 1.29 is 19.4 Å². The van der Waals surface area contributed by atoms with Crippen molar-refractivity contribution in [2.75, 3.05) is 13.7 Å². The zero-order chi connectivity index (χ0) is 15.0. The molecule has 4 unspecified atom stereocenters.